The molecule has 4 aliphatic rings. The average molecular weight is 816 g/mol. The van der Waals surface area contributed by atoms with Crippen LogP contribution in [0.2, 0.25) is 0 Å². The predicted octanol–water partition coefficient (Wildman–Crippen LogP) is 13.9. The van der Waals surface area contributed by atoms with E-state index in [1.165, 1.54) is 55.3 Å². The van der Waals surface area contributed by atoms with Crippen molar-refractivity contribution < 1.29 is 0 Å². The lowest BCUT2D eigenvalue weighted by molar-refractivity contribution is 0.622. The first kappa shape index (κ1) is 35.2. The van der Waals surface area contributed by atoms with Gasteiger partial charge in [-0.2, -0.15) is 9.97 Å². The highest BCUT2D eigenvalue weighted by Gasteiger charge is 2.57. The zero-order valence-electron chi connectivity index (χ0n) is 34.6. The summed E-state index contributed by atoms with van der Waals surface area (Å²) in [5.41, 5.74) is 18.3. The van der Waals surface area contributed by atoms with E-state index in [9.17, 15) is 0 Å². The molecule has 0 atom stereocenters. The maximum atomic E-state index is 5.49. The minimum Gasteiger partial charge on any atom is -0.309 e. The Hall–Kier alpha value is -8.41. The summed E-state index contributed by atoms with van der Waals surface area (Å²) in [5.74, 6) is 1.91. The van der Waals surface area contributed by atoms with Gasteiger partial charge in [-0.1, -0.05) is 182 Å². The molecule has 0 saturated heterocycles. The lowest BCUT2D eigenvalue weighted by Crippen LogP contribution is -2.47. The molecular weight excluding hydrogens is 779 g/mol. The fraction of sp³-hybridized carbons (Fsp3) is 0.0339. The van der Waals surface area contributed by atoms with Crippen LogP contribution >= 0.6 is 0 Å². The highest BCUT2D eigenvalue weighted by Crippen LogP contribution is 2.68. The van der Waals surface area contributed by atoms with Crippen LogP contribution in [0.25, 0.3) is 61.4 Å². The van der Waals surface area contributed by atoms with Crippen molar-refractivity contribution in [3.8, 4) is 39.6 Å². The molecule has 298 valence electrons. The van der Waals surface area contributed by atoms with Crippen molar-refractivity contribution >= 4 is 39.1 Å². The van der Waals surface area contributed by atoms with Crippen molar-refractivity contribution in [3.63, 3.8) is 0 Å². The SMILES string of the molecule is c1ccc(-c2ccc(-c3nc(-c4ccccc4)nc(N4c5cc6c7ccccc7n(-c7ccccc7)c6cc5C56c7ccccc7C(c7ccccc75)c5cccc4c56)n3)cc2)cc1. The second-order valence-corrected chi connectivity index (χ2v) is 17.1. The van der Waals surface area contributed by atoms with Gasteiger partial charge in [0.1, 0.15) is 0 Å². The smallest absolute Gasteiger partial charge is 0.238 e. The molecule has 64 heavy (non-hydrogen) atoms. The van der Waals surface area contributed by atoms with Crippen molar-refractivity contribution in [2.45, 2.75) is 11.3 Å². The number of aromatic nitrogens is 4. The maximum absolute atomic E-state index is 5.49. The molecule has 1 aliphatic heterocycles. The third-order valence-corrected chi connectivity index (χ3v) is 13.9. The molecule has 11 aromatic rings. The molecule has 0 N–H and O–H groups in total. The Morgan fingerprint density at radius 1 is 0.375 bits per heavy atom. The summed E-state index contributed by atoms with van der Waals surface area (Å²) in [6.45, 7) is 0. The summed E-state index contributed by atoms with van der Waals surface area (Å²) in [6.07, 6.45) is 0. The second-order valence-electron chi connectivity index (χ2n) is 17.1. The molecule has 0 fully saturated rings. The predicted molar refractivity (Wildman–Crippen MR) is 258 cm³/mol. The molecule has 9 aromatic carbocycles. The molecule has 5 heteroatoms. The quantitative estimate of drug-likeness (QED) is 0.174. The van der Waals surface area contributed by atoms with E-state index < -0.39 is 5.41 Å². The van der Waals surface area contributed by atoms with Crippen LogP contribution < -0.4 is 4.90 Å². The van der Waals surface area contributed by atoms with Gasteiger partial charge in [0.15, 0.2) is 11.6 Å². The van der Waals surface area contributed by atoms with Gasteiger partial charge >= 0.3 is 0 Å². The number of para-hydroxylation sites is 2. The first-order chi connectivity index (χ1) is 31.8. The molecule has 0 amide bonds. The van der Waals surface area contributed by atoms with Gasteiger partial charge in [0, 0.05) is 33.5 Å². The summed E-state index contributed by atoms with van der Waals surface area (Å²) in [4.78, 5) is 18.5. The molecular formula is C59H37N5. The van der Waals surface area contributed by atoms with Crippen LogP contribution in [-0.2, 0) is 5.41 Å². The van der Waals surface area contributed by atoms with Crippen LogP contribution in [0.3, 0.4) is 0 Å². The van der Waals surface area contributed by atoms with Crippen LogP contribution in [0.4, 0.5) is 17.3 Å². The van der Waals surface area contributed by atoms with Gasteiger partial charge < -0.3 is 4.57 Å². The van der Waals surface area contributed by atoms with Crippen molar-refractivity contribution in [2.24, 2.45) is 0 Å². The monoisotopic (exact) mass is 815 g/mol. The van der Waals surface area contributed by atoms with E-state index in [0.717, 1.165) is 44.8 Å². The van der Waals surface area contributed by atoms with Crippen molar-refractivity contribution in [1.29, 1.82) is 0 Å². The Kier molecular flexibility index (Phi) is 7.32. The molecule has 2 bridgehead atoms. The van der Waals surface area contributed by atoms with E-state index in [-0.39, 0.29) is 5.92 Å². The minimum absolute atomic E-state index is 0.0871. The summed E-state index contributed by atoms with van der Waals surface area (Å²) in [6, 6.07) is 79.0. The Balaban J connectivity index is 1.11. The molecule has 3 heterocycles. The molecule has 5 nitrogen and oxygen atoms in total. The van der Waals surface area contributed by atoms with E-state index in [1.807, 2.05) is 18.2 Å². The van der Waals surface area contributed by atoms with Crippen molar-refractivity contribution in [2.75, 3.05) is 4.90 Å². The molecule has 0 saturated carbocycles. The number of nitrogens with zero attached hydrogens (tertiary/aromatic N) is 5. The number of hydrogen-bond donors (Lipinski definition) is 0. The van der Waals surface area contributed by atoms with E-state index in [0.29, 0.717) is 17.6 Å². The van der Waals surface area contributed by atoms with E-state index in [2.05, 4.69) is 210 Å². The molecule has 0 unspecified atom stereocenters. The van der Waals surface area contributed by atoms with Crippen LogP contribution in [0.5, 0.6) is 0 Å². The summed E-state index contributed by atoms with van der Waals surface area (Å²) in [5, 5.41) is 2.36. The maximum Gasteiger partial charge on any atom is 0.238 e. The van der Waals surface area contributed by atoms with Gasteiger partial charge in [0.05, 0.1) is 27.8 Å². The van der Waals surface area contributed by atoms with Gasteiger partial charge in [-0.05, 0) is 86.5 Å². The van der Waals surface area contributed by atoms with Crippen LogP contribution in [0.15, 0.2) is 218 Å². The standard InChI is InChI=1S/C59H37N5/c1-4-17-37(18-5-1)38-31-33-40(34-32-38)57-60-56(39-19-6-2-7-20-39)61-58(62-57)64-51-30-16-26-45-54-43-24-10-13-27-47(43)59(55(45)51,48-28-14-11-25-44(48)54)49-36-52-46(35-53(49)64)42-23-12-15-29-50(42)63(52)41-21-8-3-9-22-41/h1-36,54H. The highest BCUT2D eigenvalue weighted by atomic mass is 15.3. The lowest BCUT2D eigenvalue weighted by Gasteiger charge is -2.55. The lowest BCUT2D eigenvalue weighted by atomic mass is 9.49. The number of benzene rings is 9. The van der Waals surface area contributed by atoms with Gasteiger partial charge in [0.2, 0.25) is 5.95 Å². The Morgan fingerprint density at radius 2 is 0.922 bits per heavy atom. The summed E-state index contributed by atoms with van der Waals surface area (Å²) < 4.78 is 2.44. The van der Waals surface area contributed by atoms with Crippen molar-refractivity contribution in [1.82, 2.24) is 19.5 Å². The van der Waals surface area contributed by atoms with Crippen LogP contribution in [0.1, 0.15) is 44.9 Å². The largest absolute Gasteiger partial charge is 0.309 e. The summed E-state index contributed by atoms with van der Waals surface area (Å²) in [7, 11) is 0. The molecule has 3 aliphatic carbocycles. The van der Waals surface area contributed by atoms with Crippen LogP contribution in [0, 0.1) is 0 Å². The second kappa shape index (κ2) is 13.3. The van der Waals surface area contributed by atoms with E-state index in [1.54, 1.807) is 0 Å². The first-order valence-corrected chi connectivity index (χ1v) is 22.0. The van der Waals surface area contributed by atoms with Gasteiger partial charge in [-0.25, -0.2) is 4.98 Å². The zero-order valence-corrected chi connectivity index (χ0v) is 34.6. The Morgan fingerprint density at radius 3 is 1.62 bits per heavy atom. The van der Waals surface area contributed by atoms with Gasteiger partial charge in [-0.15, -0.1) is 0 Å². The van der Waals surface area contributed by atoms with Crippen LogP contribution in [-0.4, -0.2) is 19.5 Å². The number of anilines is 3. The third kappa shape index (κ3) is 4.75. The van der Waals surface area contributed by atoms with Crippen molar-refractivity contribution in [3.05, 3.63) is 257 Å². The third-order valence-electron chi connectivity index (χ3n) is 13.9. The number of rotatable bonds is 5. The minimum atomic E-state index is -0.614. The molecule has 2 aromatic heterocycles. The van der Waals surface area contributed by atoms with E-state index in [4.69, 9.17) is 15.0 Å². The highest BCUT2D eigenvalue weighted by molar-refractivity contribution is 6.12. The van der Waals surface area contributed by atoms with Gasteiger partial charge in [0.25, 0.3) is 0 Å². The Bertz CT molecular complexity index is 3620. The molecule has 15 rings (SSSR count). The fourth-order valence-electron chi connectivity index (χ4n) is 11.4. The zero-order chi connectivity index (χ0) is 41.9. The first-order valence-electron chi connectivity index (χ1n) is 22.0. The molecule has 0 radical (unpaired) electrons. The summed E-state index contributed by atoms with van der Waals surface area (Å²) >= 11 is 0. The normalized spacial score (nSPS) is 16.3. The number of fused-ring (bicyclic) bond motifs is 4. The Labute approximate surface area is 370 Å². The topological polar surface area (TPSA) is 46.8 Å². The van der Waals surface area contributed by atoms with Gasteiger partial charge in [-0.3, -0.25) is 4.90 Å². The number of hydrogen-bond acceptors (Lipinski definition) is 4. The fourth-order valence-corrected chi connectivity index (χ4v) is 11.4. The average Bonchev–Trinajstić information content (AvgIpc) is 3.70. The molecule has 1 spiro atoms. The van der Waals surface area contributed by atoms with E-state index >= 15 is 0 Å².